The van der Waals surface area contributed by atoms with Crippen LogP contribution in [0.25, 0.3) is 0 Å². The van der Waals surface area contributed by atoms with E-state index in [2.05, 4.69) is 6.58 Å². The molecule has 0 bridgehead atoms. The van der Waals surface area contributed by atoms with Crippen LogP contribution in [0.3, 0.4) is 0 Å². The van der Waals surface area contributed by atoms with E-state index in [4.69, 9.17) is 4.74 Å². The molecule has 16 heavy (non-hydrogen) atoms. The average Bonchev–Trinajstić information content (AvgIpc) is 2.31. The van der Waals surface area contributed by atoms with E-state index in [-0.39, 0.29) is 6.23 Å². The molecule has 0 N–H and O–H groups in total. The summed E-state index contributed by atoms with van der Waals surface area (Å²) < 4.78 is 5.18. The van der Waals surface area contributed by atoms with Crippen LogP contribution in [0.15, 0.2) is 43.0 Å². The first kappa shape index (κ1) is 12.3. The number of ether oxygens (including phenoxy) is 1. The molecule has 1 aromatic rings. The molecule has 0 spiro atoms. The minimum absolute atomic E-state index is 0.294. The molecule has 0 saturated carbocycles. The lowest BCUT2D eigenvalue weighted by Gasteiger charge is -2.29. The maximum absolute atomic E-state index is 11.1. The highest BCUT2D eigenvalue weighted by atomic mass is 16.6. The topological polar surface area (TPSA) is 29.5 Å². The number of carbonyl (C=O) groups is 1. The highest BCUT2D eigenvalue weighted by Gasteiger charge is 2.15. The summed E-state index contributed by atoms with van der Waals surface area (Å²) in [6.07, 6.45) is 0.882. The third-order valence-electron chi connectivity index (χ3n) is 2.32. The lowest BCUT2D eigenvalue weighted by atomic mass is 10.3. The fourth-order valence-corrected chi connectivity index (χ4v) is 1.55. The maximum Gasteiger partial charge on any atom is 0.332 e. The van der Waals surface area contributed by atoms with Crippen LogP contribution >= 0.6 is 0 Å². The van der Waals surface area contributed by atoms with E-state index in [0.717, 1.165) is 12.2 Å². The van der Waals surface area contributed by atoms with E-state index in [1.807, 2.05) is 49.1 Å². The van der Waals surface area contributed by atoms with Gasteiger partial charge in [0.05, 0.1) is 0 Å². The molecule has 1 atom stereocenters. The van der Waals surface area contributed by atoms with Gasteiger partial charge >= 0.3 is 5.97 Å². The molecule has 0 aliphatic carbocycles. The number of rotatable bonds is 5. The molecule has 1 rings (SSSR count). The second-order valence-electron chi connectivity index (χ2n) is 3.36. The summed E-state index contributed by atoms with van der Waals surface area (Å²) >= 11 is 0. The van der Waals surface area contributed by atoms with Crippen LogP contribution < -0.4 is 4.90 Å². The van der Waals surface area contributed by atoms with Gasteiger partial charge < -0.3 is 9.64 Å². The highest BCUT2D eigenvalue weighted by molar-refractivity contribution is 5.81. The predicted octanol–water partition coefficient (Wildman–Crippen LogP) is 2.59. The van der Waals surface area contributed by atoms with Crippen LogP contribution in [0, 0.1) is 0 Å². The number of hydrogen-bond acceptors (Lipinski definition) is 3. The van der Waals surface area contributed by atoms with Crippen molar-refractivity contribution in [2.75, 3.05) is 11.4 Å². The minimum Gasteiger partial charge on any atom is -0.439 e. The molecule has 0 aliphatic rings. The standard InChI is InChI=1S/C13H17NO2/c1-4-13(15)16-11(3)14(5-2)12-9-7-6-8-10-12/h4,6-11H,1,5H2,2-3H3. The largest absolute Gasteiger partial charge is 0.439 e. The molecule has 0 amide bonds. The second kappa shape index (κ2) is 5.95. The zero-order valence-corrected chi connectivity index (χ0v) is 9.72. The summed E-state index contributed by atoms with van der Waals surface area (Å²) in [7, 11) is 0. The fraction of sp³-hybridized carbons (Fsp3) is 0.308. The average molecular weight is 219 g/mol. The SMILES string of the molecule is C=CC(=O)OC(C)N(CC)c1ccccc1. The molecule has 3 heteroatoms. The Balaban J connectivity index is 2.74. The van der Waals surface area contributed by atoms with Gasteiger partial charge in [0.1, 0.15) is 0 Å². The molecule has 0 heterocycles. The molecule has 3 nitrogen and oxygen atoms in total. The lowest BCUT2D eigenvalue weighted by Crippen LogP contribution is -2.36. The summed E-state index contributed by atoms with van der Waals surface area (Å²) in [5, 5.41) is 0. The Morgan fingerprint density at radius 1 is 1.50 bits per heavy atom. The van der Waals surface area contributed by atoms with Gasteiger partial charge in [-0.15, -0.1) is 0 Å². The van der Waals surface area contributed by atoms with Crippen molar-refractivity contribution in [2.45, 2.75) is 20.1 Å². The smallest absolute Gasteiger partial charge is 0.332 e. The van der Waals surface area contributed by atoms with Gasteiger partial charge in [-0.3, -0.25) is 0 Å². The van der Waals surface area contributed by atoms with Crippen LogP contribution in [0.5, 0.6) is 0 Å². The van der Waals surface area contributed by atoms with Crippen LogP contribution in [-0.2, 0) is 9.53 Å². The summed E-state index contributed by atoms with van der Waals surface area (Å²) in [5.41, 5.74) is 1.04. The van der Waals surface area contributed by atoms with Gasteiger partial charge in [0, 0.05) is 18.3 Å². The van der Waals surface area contributed by atoms with E-state index < -0.39 is 5.97 Å². The summed E-state index contributed by atoms with van der Waals surface area (Å²) in [6, 6.07) is 9.85. The zero-order valence-electron chi connectivity index (χ0n) is 9.72. The van der Waals surface area contributed by atoms with Gasteiger partial charge in [-0.2, -0.15) is 0 Å². The quantitative estimate of drug-likeness (QED) is 0.433. The first-order valence-corrected chi connectivity index (χ1v) is 5.33. The Labute approximate surface area is 96.3 Å². The molecule has 1 aromatic carbocycles. The predicted molar refractivity (Wildman–Crippen MR) is 65.2 cm³/mol. The van der Waals surface area contributed by atoms with Gasteiger partial charge in [-0.1, -0.05) is 24.8 Å². The van der Waals surface area contributed by atoms with Crippen molar-refractivity contribution in [1.82, 2.24) is 0 Å². The fourth-order valence-electron chi connectivity index (χ4n) is 1.55. The van der Waals surface area contributed by atoms with Gasteiger partial charge in [0.2, 0.25) is 0 Å². The van der Waals surface area contributed by atoms with Crippen LogP contribution in [0.2, 0.25) is 0 Å². The molecule has 0 aliphatic heterocycles. The Morgan fingerprint density at radius 2 is 2.12 bits per heavy atom. The number of para-hydroxylation sites is 1. The molecule has 86 valence electrons. The van der Waals surface area contributed by atoms with Crippen molar-refractivity contribution in [3.8, 4) is 0 Å². The zero-order chi connectivity index (χ0) is 12.0. The third kappa shape index (κ3) is 3.12. The first-order valence-electron chi connectivity index (χ1n) is 5.33. The summed E-state index contributed by atoms with van der Waals surface area (Å²) in [6.45, 7) is 8.02. The molecule has 1 unspecified atom stereocenters. The first-order chi connectivity index (χ1) is 7.69. The van der Waals surface area contributed by atoms with Crippen molar-refractivity contribution in [3.63, 3.8) is 0 Å². The molecule has 0 aromatic heterocycles. The van der Waals surface area contributed by atoms with Crippen LogP contribution in [0.1, 0.15) is 13.8 Å². The number of esters is 1. The van der Waals surface area contributed by atoms with E-state index in [1.165, 1.54) is 6.08 Å². The Morgan fingerprint density at radius 3 is 2.62 bits per heavy atom. The van der Waals surface area contributed by atoms with Crippen LogP contribution in [0.4, 0.5) is 5.69 Å². The molecular formula is C13H17NO2. The van der Waals surface area contributed by atoms with Gasteiger partial charge in [0.25, 0.3) is 0 Å². The van der Waals surface area contributed by atoms with E-state index in [1.54, 1.807) is 0 Å². The van der Waals surface area contributed by atoms with Gasteiger partial charge in [-0.25, -0.2) is 4.79 Å². The van der Waals surface area contributed by atoms with Crippen molar-refractivity contribution < 1.29 is 9.53 Å². The summed E-state index contributed by atoms with van der Waals surface area (Å²) in [5.74, 6) is -0.401. The molecule has 0 fully saturated rings. The van der Waals surface area contributed by atoms with Crippen LogP contribution in [-0.4, -0.2) is 18.7 Å². The van der Waals surface area contributed by atoms with Crippen molar-refractivity contribution in [1.29, 1.82) is 0 Å². The Hall–Kier alpha value is -1.77. The van der Waals surface area contributed by atoms with E-state index >= 15 is 0 Å². The molecular weight excluding hydrogens is 202 g/mol. The number of hydrogen-bond donors (Lipinski definition) is 0. The van der Waals surface area contributed by atoms with Crippen molar-refractivity contribution in [2.24, 2.45) is 0 Å². The molecule has 0 radical (unpaired) electrons. The number of nitrogens with zero attached hydrogens (tertiary/aromatic N) is 1. The second-order valence-corrected chi connectivity index (χ2v) is 3.36. The Bertz CT molecular complexity index is 348. The minimum atomic E-state index is -0.401. The monoisotopic (exact) mass is 219 g/mol. The molecule has 0 saturated heterocycles. The van der Waals surface area contributed by atoms with Crippen molar-refractivity contribution in [3.05, 3.63) is 43.0 Å². The maximum atomic E-state index is 11.1. The van der Waals surface area contributed by atoms with E-state index in [9.17, 15) is 4.79 Å². The van der Waals surface area contributed by atoms with Gasteiger partial charge in [-0.05, 0) is 26.0 Å². The van der Waals surface area contributed by atoms with Gasteiger partial charge in [0.15, 0.2) is 6.23 Å². The normalized spacial score (nSPS) is 11.6. The van der Waals surface area contributed by atoms with Crippen molar-refractivity contribution >= 4 is 11.7 Å². The van der Waals surface area contributed by atoms with E-state index in [0.29, 0.717) is 0 Å². The number of carbonyl (C=O) groups excluding carboxylic acids is 1. The highest BCUT2D eigenvalue weighted by Crippen LogP contribution is 2.16. The Kier molecular flexibility index (Phi) is 4.58. The summed E-state index contributed by atoms with van der Waals surface area (Å²) in [4.78, 5) is 13.1. The lowest BCUT2D eigenvalue weighted by molar-refractivity contribution is -0.142. The number of benzene rings is 1. The third-order valence-corrected chi connectivity index (χ3v) is 2.32. The number of anilines is 1.